The number of carboxylic acid groups (broad SMARTS) is 1. The first-order valence-corrected chi connectivity index (χ1v) is 6.23. The summed E-state index contributed by atoms with van der Waals surface area (Å²) in [7, 11) is 4.01. The Kier molecular flexibility index (Phi) is 5.65. The van der Waals surface area contributed by atoms with E-state index in [-0.39, 0.29) is 6.54 Å². The molecule has 0 saturated carbocycles. The fourth-order valence-corrected chi connectivity index (χ4v) is 1.88. The molecule has 1 N–H and O–H groups in total. The van der Waals surface area contributed by atoms with E-state index < -0.39 is 5.97 Å². The highest BCUT2D eigenvalue weighted by molar-refractivity contribution is 5.69. The number of carboxylic acids is 1. The minimum absolute atomic E-state index is 0.100. The maximum Gasteiger partial charge on any atom is 0.317 e. The normalized spacial score (nSPS) is 10.7. The van der Waals surface area contributed by atoms with Gasteiger partial charge in [-0.3, -0.25) is 9.69 Å². The molecule has 0 aliphatic carbocycles. The molecule has 0 aromatic heterocycles. The predicted octanol–water partition coefficient (Wildman–Crippen LogP) is 2.05. The summed E-state index contributed by atoms with van der Waals surface area (Å²) < 4.78 is 0. The molecule has 4 nitrogen and oxygen atoms in total. The molecule has 100 valence electrons. The van der Waals surface area contributed by atoms with Crippen molar-refractivity contribution in [2.75, 3.05) is 32.1 Å². The summed E-state index contributed by atoms with van der Waals surface area (Å²) in [4.78, 5) is 14.8. The van der Waals surface area contributed by atoms with Crippen molar-refractivity contribution in [3.8, 4) is 0 Å². The minimum atomic E-state index is -0.770. The number of benzene rings is 1. The average molecular weight is 250 g/mol. The van der Waals surface area contributed by atoms with E-state index in [0.29, 0.717) is 6.54 Å². The molecule has 0 amide bonds. The Hall–Kier alpha value is -1.55. The van der Waals surface area contributed by atoms with Crippen molar-refractivity contribution < 1.29 is 9.90 Å². The van der Waals surface area contributed by atoms with Crippen LogP contribution in [0.15, 0.2) is 24.3 Å². The molecule has 1 rings (SSSR count). The van der Waals surface area contributed by atoms with E-state index in [0.717, 1.165) is 24.2 Å². The van der Waals surface area contributed by atoms with E-state index in [1.807, 2.05) is 23.9 Å². The molecular formula is C14H22N2O2. The molecule has 0 saturated heterocycles. The van der Waals surface area contributed by atoms with Crippen molar-refractivity contribution in [1.82, 2.24) is 4.90 Å². The highest BCUT2D eigenvalue weighted by Gasteiger charge is 2.09. The molecule has 0 atom stereocenters. The van der Waals surface area contributed by atoms with Gasteiger partial charge in [0.15, 0.2) is 0 Å². The van der Waals surface area contributed by atoms with Gasteiger partial charge in [-0.05, 0) is 30.7 Å². The van der Waals surface area contributed by atoms with Gasteiger partial charge in [-0.15, -0.1) is 0 Å². The molecule has 0 unspecified atom stereocenters. The van der Waals surface area contributed by atoms with E-state index in [1.54, 1.807) is 0 Å². The summed E-state index contributed by atoms with van der Waals surface area (Å²) in [5.74, 6) is -0.770. The Balaban J connectivity index is 2.65. The van der Waals surface area contributed by atoms with Crippen LogP contribution in [0.5, 0.6) is 0 Å². The molecule has 0 radical (unpaired) electrons. The number of hydrogen-bond donors (Lipinski definition) is 1. The van der Waals surface area contributed by atoms with Crippen molar-refractivity contribution in [2.24, 2.45) is 0 Å². The molecule has 4 heteroatoms. The van der Waals surface area contributed by atoms with Crippen molar-refractivity contribution in [2.45, 2.75) is 19.9 Å². The van der Waals surface area contributed by atoms with Gasteiger partial charge in [0.2, 0.25) is 0 Å². The van der Waals surface area contributed by atoms with Gasteiger partial charge in [-0.1, -0.05) is 19.1 Å². The molecular weight excluding hydrogens is 228 g/mol. The summed E-state index contributed by atoms with van der Waals surface area (Å²) in [6.07, 6.45) is 0.961. The number of rotatable bonds is 7. The maximum atomic E-state index is 10.8. The standard InChI is InChI=1S/C14H22N2O2/c1-4-9-16(11-14(17)18)10-12-5-7-13(8-6-12)15(2)3/h5-8H,4,9-11H2,1-3H3,(H,17,18). The van der Waals surface area contributed by atoms with Gasteiger partial charge in [0.05, 0.1) is 6.54 Å². The molecule has 1 aromatic carbocycles. The van der Waals surface area contributed by atoms with Crippen LogP contribution >= 0.6 is 0 Å². The van der Waals surface area contributed by atoms with Crippen LogP contribution in [0.3, 0.4) is 0 Å². The summed E-state index contributed by atoms with van der Waals surface area (Å²) in [5, 5.41) is 8.86. The van der Waals surface area contributed by atoms with Gasteiger partial charge in [-0.25, -0.2) is 0 Å². The average Bonchev–Trinajstić information content (AvgIpc) is 2.29. The second-order valence-electron chi connectivity index (χ2n) is 4.67. The molecule has 0 aliphatic heterocycles. The first kappa shape index (κ1) is 14.5. The van der Waals surface area contributed by atoms with Crippen LogP contribution in [0.2, 0.25) is 0 Å². The smallest absolute Gasteiger partial charge is 0.317 e. The Bertz CT molecular complexity index is 374. The molecule has 18 heavy (non-hydrogen) atoms. The lowest BCUT2D eigenvalue weighted by Gasteiger charge is -2.20. The summed E-state index contributed by atoms with van der Waals surface area (Å²) >= 11 is 0. The molecule has 0 spiro atoms. The number of anilines is 1. The fraction of sp³-hybridized carbons (Fsp3) is 0.500. The molecule has 0 aliphatic rings. The first-order chi connectivity index (χ1) is 8.52. The Morgan fingerprint density at radius 1 is 1.22 bits per heavy atom. The second-order valence-corrected chi connectivity index (χ2v) is 4.67. The number of aliphatic carboxylic acids is 1. The lowest BCUT2D eigenvalue weighted by atomic mass is 10.2. The van der Waals surface area contributed by atoms with Crippen molar-refractivity contribution in [3.63, 3.8) is 0 Å². The number of nitrogens with zero attached hydrogens (tertiary/aromatic N) is 2. The van der Waals surface area contributed by atoms with Gasteiger partial charge >= 0.3 is 5.97 Å². The van der Waals surface area contributed by atoms with Gasteiger partial charge < -0.3 is 10.0 Å². The number of carbonyl (C=O) groups is 1. The largest absolute Gasteiger partial charge is 0.480 e. The third kappa shape index (κ3) is 4.75. The zero-order valence-electron chi connectivity index (χ0n) is 11.4. The second kappa shape index (κ2) is 7.01. The zero-order valence-corrected chi connectivity index (χ0v) is 11.4. The van der Waals surface area contributed by atoms with Crippen LogP contribution in [0.25, 0.3) is 0 Å². The van der Waals surface area contributed by atoms with E-state index in [4.69, 9.17) is 5.11 Å². The predicted molar refractivity (Wildman–Crippen MR) is 74.0 cm³/mol. The van der Waals surface area contributed by atoms with Gasteiger partial charge in [0.1, 0.15) is 0 Å². The van der Waals surface area contributed by atoms with Crippen LogP contribution in [-0.2, 0) is 11.3 Å². The monoisotopic (exact) mass is 250 g/mol. The maximum absolute atomic E-state index is 10.8. The minimum Gasteiger partial charge on any atom is -0.480 e. The summed E-state index contributed by atoms with van der Waals surface area (Å²) in [6, 6.07) is 8.22. The van der Waals surface area contributed by atoms with Gasteiger partial charge in [0, 0.05) is 26.3 Å². The highest BCUT2D eigenvalue weighted by Crippen LogP contribution is 2.13. The third-order valence-corrected chi connectivity index (χ3v) is 2.76. The van der Waals surface area contributed by atoms with E-state index in [9.17, 15) is 4.79 Å². The molecule has 0 bridgehead atoms. The zero-order chi connectivity index (χ0) is 13.5. The Morgan fingerprint density at radius 2 is 1.83 bits per heavy atom. The van der Waals surface area contributed by atoms with Gasteiger partial charge in [0.25, 0.3) is 0 Å². The van der Waals surface area contributed by atoms with Crippen LogP contribution in [0.1, 0.15) is 18.9 Å². The lowest BCUT2D eigenvalue weighted by Crippen LogP contribution is -2.30. The fourth-order valence-electron chi connectivity index (χ4n) is 1.88. The van der Waals surface area contributed by atoms with Crippen LogP contribution < -0.4 is 4.90 Å². The van der Waals surface area contributed by atoms with Gasteiger partial charge in [-0.2, -0.15) is 0 Å². The number of hydrogen-bond acceptors (Lipinski definition) is 3. The van der Waals surface area contributed by atoms with Crippen molar-refractivity contribution in [3.05, 3.63) is 29.8 Å². The topological polar surface area (TPSA) is 43.8 Å². The van der Waals surface area contributed by atoms with Crippen molar-refractivity contribution in [1.29, 1.82) is 0 Å². The first-order valence-electron chi connectivity index (χ1n) is 6.23. The van der Waals surface area contributed by atoms with E-state index in [2.05, 4.69) is 31.2 Å². The Labute approximate surface area is 109 Å². The van der Waals surface area contributed by atoms with E-state index in [1.165, 1.54) is 0 Å². The highest BCUT2D eigenvalue weighted by atomic mass is 16.4. The molecule has 0 fully saturated rings. The molecule has 1 aromatic rings. The van der Waals surface area contributed by atoms with Crippen LogP contribution in [0, 0.1) is 0 Å². The molecule has 0 heterocycles. The Morgan fingerprint density at radius 3 is 2.28 bits per heavy atom. The van der Waals surface area contributed by atoms with E-state index >= 15 is 0 Å². The van der Waals surface area contributed by atoms with Crippen LogP contribution in [-0.4, -0.2) is 43.2 Å². The summed E-state index contributed by atoms with van der Waals surface area (Å²) in [5.41, 5.74) is 2.30. The van der Waals surface area contributed by atoms with Crippen LogP contribution in [0.4, 0.5) is 5.69 Å². The SMILES string of the molecule is CCCN(CC(=O)O)Cc1ccc(N(C)C)cc1. The lowest BCUT2D eigenvalue weighted by molar-refractivity contribution is -0.138. The van der Waals surface area contributed by atoms with Crippen molar-refractivity contribution >= 4 is 11.7 Å². The third-order valence-electron chi connectivity index (χ3n) is 2.76. The quantitative estimate of drug-likeness (QED) is 0.804. The summed E-state index contributed by atoms with van der Waals surface area (Å²) in [6.45, 7) is 3.66.